The van der Waals surface area contributed by atoms with Crippen LogP contribution in [0, 0.1) is 19.8 Å². The lowest BCUT2D eigenvalue weighted by molar-refractivity contribution is -0.132. The highest BCUT2D eigenvalue weighted by Crippen LogP contribution is 2.44. The third-order valence-corrected chi connectivity index (χ3v) is 5.51. The van der Waals surface area contributed by atoms with E-state index in [0.29, 0.717) is 43.3 Å². The molecule has 2 heterocycles. The summed E-state index contributed by atoms with van der Waals surface area (Å²) in [6, 6.07) is 9.26. The van der Waals surface area contributed by atoms with Crippen LogP contribution < -0.4 is 4.90 Å². The van der Waals surface area contributed by atoms with Crippen molar-refractivity contribution in [2.45, 2.75) is 39.0 Å². The quantitative estimate of drug-likeness (QED) is 0.826. The largest absolute Gasteiger partial charge is 0.408 e. The van der Waals surface area contributed by atoms with Crippen LogP contribution in [0.1, 0.15) is 42.2 Å². The summed E-state index contributed by atoms with van der Waals surface area (Å²) in [5.74, 6) is 1.87. The number of piperazine rings is 1. The van der Waals surface area contributed by atoms with E-state index in [1.807, 2.05) is 4.90 Å². The molecule has 0 spiro atoms. The maximum absolute atomic E-state index is 12.9. The molecule has 1 saturated heterocycles. The molecule has 0 N–H and O–H groups in total. The Morgan fingerprint density at radius 2 is 1.81 bits per heavy atom. The van der Waals surface area contributed by atoms with E-state index in [1.54, 1.807) is 6.92 Å². The summed E-state index contributed by atoms with van der Waals surface area (Å²) in [5.41, 5.74) is 2.58. The summed E-state index contributed by atoms with van der Waals surface area (Å²) in [6.45, 7) is 6.81. The minimum atomic E-state index is 0.267. The first kappa shape index (κ1) is 17.1. The number of nitrogens with zero attached hydrogens (tertiary/aromatic N) is 4. The summed E-state index contributed by atoms with van der Waals surface area (Å²) in [5, 5.41) is 7.95. The van der Waals surface area contributed by atoms with Crippen molar-refractivity contribution in [1.29, 1.82) is 0 Å². The van der Waals surface area contributed by atoms with Gasteiger partial charge >= 0.3 is 6.01 Å². The van der Waals surface area contributed by atoms with Crippen LogP contribution in [0.25, 0.3) is 0 Å². The molecule has 4 rings (SSSR count). The number of hydrogen-bond acceptors (Lipinski definition) is 5. The lowest BCUT2D eigenvalue weighted by Crippen LogP contribution is -2.49. The summed E-state index contributed by atoms with van der Waals surface area (Å²) >= 11 is 0. The predicted molar refractivity (Wildman–Crippen MR) is 99.1 cm³/mol. The van der Waals surface area contributed by atoms with Crippen molar-refractivity contribution in [1.82, 2.24) is 15.1 Å². The van der Waals surface area contributed by atoms with Crippen molar-refractivity contribution in [3.05, 3.63) is 41.3 Å². The van der Waals surface area contributed by atoms with Gasteiger partial charge in [0.25, 0.3) is 0 Å². The number of benzene rings is 1. The van der Waals surface area contributed by atoms with E-state index in [0.717, 1.165) is 13.1 Å². The maximum Gasteiger partial charge on any atom is 0.318 e. The molecular weight excluding hydrogens is 328 g/mol. The fourth-order valence-electron chi connectivity index (χ4n) is 3.75. The standard InChI is InChI=1S/C20H26N4O2/c1-14-3-5-16(6-4-14)18(17-7-8-17)13-19(25)23-9-11-24(12-10-23)20-22-21-15(2)26-20/h3-6,17-18H,7-13H2,1-2H3. The molecule has 1 aliphatic heterocycles. The van der Waals surface area contributed by atoms with Crippen LogP contribution in [0.2, 0.25) is 0 Å². The molecule has 2 aromatic rings. The van der Waals surface area contributed by atoms with Gasteiger partial charge in [-0.25, -0.2) is 0 Å². The average Bonchev–Trinajstić information content (AvgIpc) is 3.41. The smallest absolute Gasteiger partial charge is 0.318 e. The third-order valence-electron chi connectivity index (χ3n) is 5.51. The zero-order valence-corrected chi connectivity index (χ0v) is 15.5. The Hall–Kier alpha value is -2.37. The Labute approximate surface area is 154 Å². The van der Waals surface area contributed by atoms with Gasteiger partial charge < -0.3 is 14.2 Å². The molecule has 0 radical (unpaired) electrons. The molecule has 1 atom stereocenters. The molecule has 1 aromatic carbocycles. The summed E-state index contributed by atoms with van der Waals surface area (Å²) < 4.78 is 5.49. The van der Waals surface area contributed by atoms with Crippen molar-refractivity contribution >= 4 is 11.9 Å². The van der Waals surface area contributed by atoms with Crippen LogP contribution in [-0.4, -0.2) is 47.2 Å². The molecule has 26 heavy (non-hydrogen) atoms. The number of anilines is 1. The zero-order chi connectivity index (χ0) is 18.1. The van der Waals surface area contributed by atoms with Crippen LogP contribution in [0.3, 0.4) is 0 Å². The second-order valence-electron chi connectivity index (χ2n) is 7.53. The monoisotopic (exact) mass is 354 g/mol. The van der Waals surface area contributed by atoms with E-state index in [1.165, 1.54) is 24.0 Å². The molecule has 1 unspecified atom stereocenters. The number of amides is 1. The Kier molecular flexibility index (Phi) is 4.66. The van der Waals surface area contributed by atoms with E-state index in [-0.39, 0.29) is 5.91 Å². The number of aromatic nitrogens is 2. The van der Waals surface area contributed by atoms with Crippen molar-refractivity contribution in [2.24, 2.45) is 5.92 Å². The van der Waals surface area contributed by atoms with Gasteiger partial charge in [0.2, 0.25) is 11.8 Å². The fourth-order valence-corrected chi connectivity index (χ4v) is 3.75. The van der Waals surface area contributed by atoms with E-state index in [9.17, 15) is 4.79 Å². The molecule has 1 aliphatic carbocycles. The first-order valence-corrected chi connectivity index (χ1v) is 9.49. The molecule has 1 aromatic heterocycles. The van der Waals surface area contributed by atoms with Crippen LogP contribution in [-0.2, 0) is 4.79 Å². The fraction of sp³-hybridized carbons (Fsp3) is 0.550. The molecule has 0 bridgehead atoms. The van der Waals surface area contributed by atoms with Crippen molar-refractivity contribution in [3.8, 4) is 0 Å². The summed E-state index contributed by atoms with van der Waals surface area (Å²) in [4.78, 5) is 16.9. The minimum Gasteiger partial charge on any atom is -0.408 e. The molecule has 6 heteroatoms. The van der Waals surface area contributed by atoms with Crippen LogP contribution in [0.4, 0.5) is 6.01 Å². The number of hydrogen-bond donors (Lipinski definition) is 0. The van der Waals surface area contributed by atoms with Gasteiger partial charge in [-0.15, -0.1) is 5.10 Å². The third kappa shape index (κ3) is 3.74. The molecule has 2 aliphatic rings. The minimum absolute atomic E-state index is 0.267. The van der Waals surface area contributed by atoms with Gasteiger partial charge in [0, 0.05) is 39.5 Å². The van der Waals surface area contributed by atoms with Gasteiger partial charge in [-0.3, -0.25) is 4.79 Å². The SMILES string of the molecule is Cc1ccc(C(CC(=O)N2CCN(c3nnc(C)o3)CC2)C2CC2)cc1. The first-order chi connectivity index (χ1) is 12.6. The van der Waals surface area contributed by atoms with Gasteiger partial charge in [-0.2, -0.15) is 0 Å². The average molecular weight is 354 g/mol. The van der Waals surface area contributed by atoms with E-state index >= 15 is 0 Å². The van der Waals surface area contributed by atoms with Gasteiger partial charge in [-0.1, -0.05) is 34.9 Å². The molecular formula is C20H26N4O2. The Balaban J connectivity index is 1.36. The molecule has 2 fully saturated rings. The lowest BCUT2D eigenvalue weighted by Gasteiger charge is -2.34. The molecule has 6 nitrogen and oxygen atoms in total. The Bertz CT molecular complexity index is 758. The number of carbonyl (C=O) groups excluding carboxylic acids is 1. The highest BCUT2D eigenvalue weighted by atomic mass is 16.4. The van der Waals surface area contributed by atoms with Gasteiger partial charge in [0.1, 0.15) is 0 Å². The number of aryl methyl sites for hydroxylation is 2. The van der Waals surface area contributed by atoms with Crippen molar-refractivity contribution in [3.63, 3.8) is 0 Å². The lowest BCUT2D eigenvalue weighted by atomic mass is 9.90. The number of rotatable bonds is 5. The van der Waals surface area contributed by atoms with Gasteiger partial charge in [0.05, 0.1) is 0 Å². The molecule has 1 amide bonds. The normalized spacial score (nSPS) is 18.8. The first-order valence-electron chi connectivity index (χ1n) is 9.49. The van der Waals surface area contributed by atoms with Crippen molar-refractivity contribution in [2.75, 3.05) is 31.1 Å². The molecule has 1 saturated carbocycles. The van der Waals surface area contributed by atoms with Crippen LogP contribution in [0.15, 0.2) is 28.7 Å². The van der Waals surface area contributed by atoms with Crippen LogP contribution in [0.5, 0.6) is 0 Å². The second-order valence-corrected chi connectivity index (χ2v) is 7.53. The second kappa shape index (κ2) is 7.09. The summed E-state index contributed by atoms with van der Waals surface area (Å²) in [7, 11) is 0. The molecule has 138 valence electrons. The van der Waals surface area contributed by atoms with E-state index in [4.69, 9.17) is 4.42 Å². The van der Waals surface area contributed by atoms with E-state index < -0.39 is 0 Å². The van der Waals surface area contributed by atoms with Crippen molar-refractivity contribution < 1.29 is 9.21 Å². The number of carbonyl (C=O) groups is 1. The zero-order valence-electron chi connectivity index (χ0n) is 15.5. The Morgan fingerprint density at radius 1 is 1.12 bits per heavy atom. The van der Waals surface area contributed by atoms with Crippen LogP contribution >= 0.6 is 0 Å². The highest BCUT2D eigenvalue weighted by Gasteiger charge is 2.35. The Morgan fingerprint density at radius 3 is 2.38 bits per heavy atom. The predicted octanol–water partition coefficient (Wildman–Crippen LogP) is 2.92. The van der Waals surface area contributed by atoms with Gasteiger partial charge in [0.15, 0.2) is 0 Å². The van der Waals surface area contributed by atoms with Gasteiger partial charge in [-0.05, 0) is 37.2 Å². The highest BCUT2D eigenvalue weighted by molar-refractivity contribution is 5.77. The maximum atomic E-state index is 12.9. The van der Waals surface area contributed by atoms with E-state index in [2.05, 4.69) is 46.3 Å². The summed E-state index contributed by atoms with van der Waals surface area (Å²) in [6.07, 6.45) is 3.11. The topological polar surface area (TPSA) is 62.5 Å².